The van der Waals surface area contributed by atoms with Crippen molar-refractivity contribution in [1.82, 2.24) is 4.90 Å². The van der Waals surface area contributed by atoms with Crippen LogP contribution in [-0.2, 0) is 9.84 Å². The second kappa shape index (κ2) is 6.65. The van der Waals surface area contributed by atoms with Gasteiger partial charge in [0, 0.05) is 18.7 Å². The average molecular weight is 345 g/mol. The number of para-hydroxylation sites is 1. The molecule has 1 aliphatic rings. The number of carbonyl (C=O) groups excluding carboxylic acids is 1. The summed E-state index contributed by atoms with van der Waals surface area (Å²) in [5, 5.41) is 0. The molecule has 5 nitrogen and oxygen atoms in total. The Morgan fingerprint density at radius 2 is 1.79 bits per heavy atom. The summed E-state index contributed by atoms with van der Waals surface area (Å²) in [6.45, 7) is 0. The van der Waals surface area contributed by atoms with Crippen LogP contribution < -0.4 is 4.74 Å². The zero-order chi connectivity index (χ0) is 17.2. The molecule has 0 radical (unpaired) electrons. The minimum absolute atomic E-state index is 0.0371. The van der Waals surface area contributed by atoms with Crippen molar-refractivity contribution in [2.45, 2.75) is 12.5 Å². The van der Waals surface area contributed by atoms with Crippen molar-refractivity contribution in [3.63, 3.8) is 0 Å². The normalized spacial score (nSPS) is 19.0. The predicted molar refractivity (Wildman–Crippen MR) is 92.1 cm³/mol. The third-order valence-corrected chi connectivity index (χ3v) is 5.89. The highest BCUT2D eigenvalue weighted by atomic mass is 32.2. The van der Waals surface area contributed by atoms with Crippen LogP contribution in [-0.4, -0.2) is 43.8 Å². The van der Waals surface area contributed by atoms with Crippen LogP contribution in [0.2, 0.25) is 0 Å². The maximum absolute atomic E-state index is 12.6. The van der Waals surface area contributed by atoms with Crippen LogP contribution in [0.3, 0.4) is 0 Å². The first kappa shape index (κ1) is 16.5. The number of sulfone groups is 1. The van der Waals surface area contributed by atoms with Gasteiger partial charge in [0.05, 0.1) is 11.5 Å². The van der Waals surface area contributed by atoms with E-state index in [2.05, 4.69) is 0 Å². The number of nitrogens with zero attached hydrogens (tertiary/aromatic N) is 1. The van der Waals surface area contributed by atoms with E-state index in [1.807, 2.05) is 30.3 Å². The summed E-state index contributed by atoms with van der Waals surface area (Å²) < 4.78 is 28.9. The van der Waals surface area contributed by atoms with Crippen LogP contribution >= 0.6 is 0 Å². The van der Waals surface area contributed by atoms with Gasteiger partial charge in [0.25, 0.3) is 5.91 Å². The molecule has 1 amide bonds. The van der Waals surface area contributed by atoms with E-state index in [0.29, 0.717) is 23.5 Å². The molecule has 0 N–H and O–H groups in total. The van der Waals surface area contributed by atoms with Crippen molar-refractivity contribution < 1.29 is 17.9 Å². The van der Waals surface area contributed by atoms with Crippen LogP contribution in [0.5, 0.6) is 11.5 Å². The largest absolute Gasteiger partial charge is 0.457 e. The summed E-state index contributed by atoms with van der Waals surface area (Å²) in [5.74, 6) is 1.24. The summed E-state index contributed by atoms with van der Waals surface area (Å²) in [5.41, 5.74) is 0.482. The number of hydrogen-bond donors (Lipinski definition) is 0. The quantitative estimate of drug-likeness (QED) is 0.855. The van der Waals surface area contributed by atoms with Gasteiger partial charge in [0.2, 0.25) is 0 Å². The Kier molecular flexibility index (Phi) is 4.57. The lowest BCUT2D eigenvalue weighted by Crippen LogP contribution is -2.37. The molecular formula is C18H19NO4S. The van der Waals surface area contributed by atoms with Gasteiger partial charge in [-0.05, 0) is 36.8 Å². The van der Waals surface area contributed by atoms with E-state index in [1.165, 1.54) is 4.90 Å². The van der Waals surface area contributed by atoms with Crippen molar-refractivity contribution in [3.05, 3.63) is 60.2 Å². The molecule has 3 rings (SSSR count). The molecule has 0 bridgehead atoms. The van der Waals surface area contributed by atoms with Gasteiger partial charge in [0.1, 0.15) is 11.5 Å². The van der Waals surface area contributed by atoms with Gasteiger partial charge >= 0.3 is 0 Å². The minimum atomic E-state index is -3.02. The van der Waals surface area contributed by atoms with Crippen LogP contribution in [0.25, 0.3) is 0 Å². The summed E-state index contributed by atoms with van der Waals surface area (Å²) in [6, 6.07) is 16.0. The number of benzene rings is 2. The zero-order valence-electron chi connectivity index (χ0n) is 13.4. The highest BCUT2D eigenvalue weighted by Crippen LogP contribution is 2.24. The number of hydrogen-bond acceptors (Lipinski definition) is 4. The third-order valence-electron chi connectivity index (χ3n) is 4.14. The average Bonchev–Trinajstić information content (AvgIpc) is 2.95. The second-order valence-electron chi connectivity index (χ2n) is 5.92. The maximum atomic E-state index is 12.6. The minimum Gasteiger partial charge on any atom is -0.457 e. The third kappa shape index (κ3) is 3.76. The molecule has 0 spiro atoms. The van der Waals surface area contributed by atoms with E-state index in [1.54, 1.807) is 31.3 Å². The van der Waals surface area contributed by atoms with Gasteiger partial charge < -0.3 is 9.64 Å². The fourth-order valence-electron chi connectivity index (χ4n) is 2.77. The number of carbonyl (C=O) groups is 1. The first-order valence-electron chi connectivity index (χ1n) is 7.75. The highest BCUT2D eigenvalue weighted by Gasteiger charge is 2.33. The molecule has 1 fully saturated rings. The lowest BCUT2D eigenvalue weighted by atomic mass is 10.1. The lowest BCUT2D eigenvalue weighted by Gasteiger charge is -2.23. The topological polar surface area (TPSA) is 63.7 Å². The van der Waals surface area contributed by atoms with Gasteiger partial charge in [-0.15, -0.1) is 0 Å². The van der Waals surface area contributed by atoms with Crippen molar-refractivity contribution in [2.75, 3.05) is 18.6 Å². The molecule has 0 aliphatic carbocycles. The summed E-state index contributed by atoms with van der Waals surface area (Å²) >= 11 is 0. The predicted octanol–water partition coefficient (Wildman–Crippen LogP) is 2.74. The SMILES string of the molecule is CN(C(=O)c1cccc(Oc2ccccc2)c1)[C@@H]1CCS(=O)(=O)C1. The summed E-state index contributed by atoms with van der Waals surface area (Å²) in [7, 11) is -1.37. The molecule has 126 valence electrons. The Labute approximate surface area is 141 Å². The second-order valence-corrected chi connectivity index (χ2v) is 8.14. The number of ether oxygens (including phenoxy) is 1. The Bertz CT molecular complexity index is 833. The Hall–Kier alpha value is -2.34. The Morgan fingerprint density at radius 1 is 1.08 bits per heavy atom. The fraction of sp³-hybridized carbons (Fsp3) is 0.278. The Balaban J connectivity index is 1.74. The molecule has 1 saturated heterocycles. The molecule has 6 heteroatoms. The molecule has 0 saturated carbocycles. The molecule has 0 unspecified atom stereocenters. The first-order chi connectivity index (χ1) is 11.4. The molecule has 2 aromatic carbocycles. The van der Waals surface area contributed by atoms with E-state index >= 15 is 0 Å². The molecule has 1 atom stereocenters. The van der Waals surface area contributed by atoms with Crippen molar-refractivity contribution in [2.24, 2.45) is 0 Å². The fourth-order valence-corrected chi connectivity index (χ4v) is 4.54. The van der Waals surface area contributed by atoms with Gasteiger partial charge in [0.15, 0.2) is 9.84 Å². The van der Waals surface area contributed by atoms with Crippen molar-refractivity contribution in [1.29, 1.82) is 0 Å². The molecule has 0 aromatic heterocycles. The van der Waals surface area contributed by atoms with E-state index in [9.17, 15) is 13.2 Å². The molecule has 1 heterocycles. The molecular weight excluding hydrogens is 326 g/mol. The maximum Gasteiger partial charge on any atom is 0.254 e. The lowest BCUT2D eigenvalue weighted by molar-refractivity contribution is 0.0747. The van der Waals surface area contributed by atoms with Crippen molar-refractivity contribution in [3.8, 4) is 11.5 Å². The zero-order valence-corrected chi connectivity index (χ0v) is 14.2. The van der Waals surface area contributed by atoms with Gasteiger partial charge in [-0.2, -0.15) is 0 Å². The van der Waals surface area contributed by atoms with Crippen molar-refractivity contribution >= 4 is 15.7 Å². The highest BCUT2D eigenvalue weighted by molar-refractivity contribution is 7.91. The van der Waals surface area contributed by atoms with Gasteiger partial charge in [-0.25, -0.2) is 8.42 Å². The van der Waals surface area contributed by atoms with Gasteiger partial charge in [-0.1, -0.05) is 24.3 Å². The van der Waals surface area contributed by atoms with Gasteiger partial charge in [-0.3, -0.25) is 4.79 Å². The van der Waals surface area contributed by atoms with Crippen LogP contribution in [0.1, 0.15) is 16.8 Å². The standard InChI is InChI=1S/C18H19NO4S/c1-19(15-10-11-24(21,22)13-15)18(20)14-6-5-9-17(12-14)23-16-7-3-2-4-8-16/h2-9,12,15H,10-11,13H2,1H3/t15-/m1/s1. The number of rotatable bonds is 4. The Morgan fingerprint density at radius 3 is 2.46 bits per heavy atom. The molecule has 2 aromatic rings. The first-order valence-corrected chi connectivity index (χ1v) is 9.57. The number of amides is 1. The van der Waals surface area contributed by atoms with Crippen LogP contribution in [0, 0.1) is 0 Å². The van der Waals surface area contributed by atoms with Crippen LogP contribution in [0.4, 0.5) is 0 Å². The molecule has 1 aliphatic heterocycles. The van der Waals surface area contributed by atoms with E-state index in [0.717, 1.165) is 0 Å². The van der Waals surface area contributed by atoms with E-state index in [-0.39, 0.29) is 23.5 Å². The van der Waals surface area contributed by atoms with E-state index in [4.69, 9.17) is 4.74 Å². The van der Waals surface area contributed by atoms with E-state index < -0.39 is 9.84 Å². The smallest absolute Gasteiger partial charge is 0.254 e. The van der Waals surface area contributed by atoms with Crippen LogP contribution in [0.15, 0.2) is 54.6 Å². The summed E-state index contributed by atoms with van der Waals surface area (Å²) in [6.07, 6.45) is 0.491. The monoisotopic (exact) mass is 345 g/mol. The molecule has 24 heavy (non-hydrogen) atoms. The summed E-state index contributed by atoms with van der Waals surface area (Å²) in [4.78, 5) is 14.1.